The Morgan fingerprint density at radius 2 is 1.79 bits per heavy atom. The normalized spacial score (nSPS) is 16.5. The zero-order valence-electron chi connectivity index (χ0n) is 12.5. The van der Waals surface area contributed by atoms with Gasteiger partial charge in [0.15, 0.2) is 0 Å². The predicted octanol–water partition coefficient (Wildman–Crippen LogP) is 2.42. The minimum atomic E-state index is -0.965. The van der Waals surface area contributed by atoms with E-state index in [-0.39, 0.29) is 6.42 Å². The van der Waals surface area contributed by atoms with Gasteiger partial charge in [-0.2, -0.15) is 0 Å². The van der Waals surface area contributed by atoms with E-state index in [0.29, 0.717) is 22.0 Å². The zero-order chi connectivity index (χ0) is 17.1. The van der Waals surface area contributed by atoms with Crippen molar-refractivity contribution in [1.29, 1.82) is 0 Å². The van der Waals surface area contributed by atoms with E-state index < -0.39 is 23.8 Å². The quantitative estimate of drug-likeness (QED) is 0.799. The van der Waals surface area contributed by atoms with Crippen LogP contribution in [0.15, 0.2) is 48.5 Å². The van der Waals surface area contributed by atoms with Gasteiger partial charge in [-0.15, -0.1) is 0 Å². The Morgan fingerprint density at radius 3 is 2.58 bits per heavy atom. The molecule has 3 N–H and O–H groups in total. The van der Waals surface area contributed by atoms with Gasteiger partial charge in [0.25, 0.3) is 5.91 Å². The van der Waals surface area contributed by atoms with E-state index in [1.54, 1.807) is 48.5 Å². The lowest BCUT2D eigenvalue weighted by atomic mass is 10.1. The third-order valence-corrected chi connectivity index (χ3v) is 3.92. The molecule has 2 aromatic rings. The summed E-state index contributed by atoms with van der Waals surface area (Å²) >= 11 is 5.99. The average Bonchev–Trinajstić information content (AvgIpc) is 2.67. The standard InChI is InChI=1S/C17H14ClN3O3/c18-11-6-2-4-8-13(11)19-15(22)9-14-17(24)20-12-7-3-1-5-10(12)16(23)21-14/h1-8,14H,9H2,(H,19,22)(H,20,24)(H,21,23)/t14-/m1/s1. The van der Waals surface area contributed by atoms with Crippen LogP contribution in [-0.2, 0) is 9.59 Å². The molecule has 0 saturated heterocycles. The Kier molecular flexibility index (Phi) is 4.48. The van der Waals surface area contributed by atoms with Gasteiger partial charge in [0, 0.05) is 0 Å². The second-order valence-electron chi connectivity index (χ2n) is 5.29. The van der Waals surface area contributed by atoms with Gasteiger partial charge >= 0.3 is 0 Å². The minimum absolute atomic E-state index is 0.198. The van der Waals surface area contributed by atoms with Gasteiger partial charge < -0.3 is 16.0 Å². The van der Waals surface area contributed by atoms with E-state index in [1.165, 1.54) is 0 Å². The van der Waals surface area contributed by atoms with Gasteiger partial charge in [-0.25, -0.2) is 0 Å². The van der Waals surface area contributed by atoms with Crippen LogP contribution in [0.2, 0.25) is 5.02 Å². The first-order chi connectivity index (χ1) is 11.5. The van der Waals surface area contributed by atoms with Crippen LogP contribution >= 0.6 is 11.6 Å². The van der Waals surface area contributed by atoms with Crippen molar-refractivity contribution in [2.75, 3.05) is 10.6 Å². The number of benzene rings is 2. The van der Waals surface area contributed by atoms with Crippen LogP contribution in [-0.4, -0.2) is 23.8 Å². The van der Waals surface area contributed by atoms with Crippen LogP contribution in [0.25, 0.3) is 0 Å². The smallest absolute Gasteiger partial charge is 0.254 e. The maximum Gasteiger partial charge on any atom is 0.254 e. The van der Waals surface area contributed by atoms with Crippen LogP contribution in [0, 0.1) is 0 Å². The molecule has 7 heteroatoms. The molecule has 1 aliphatic heterocycles. The van der Waals surface area contributed by atoms with E-state index in [2.05, 4.69) is 16.0 Å². The lowest BCUT2D eigenvalue weighted by Crippen LogP contribution is -2.43. The number of nitrogens with one attached hydrogen (secondary N) is 3. The SMILES string of the molecule is O=C(C[C@H]1NC(=O)c2ccccc2NC1=O)Nc1ccccc1Cl. The molecule has 0 radical (unpaired) electrons. The van der Waals surface area contributed by atoms with Crippen LogP contribution in [0.3, 0.4) is 0 Å². The Hall–Kier alpha value is -2.86. The summed E-state index contributed by atoms with van der Waals surface area (Å²) in [4.78, 5) is 36.6. The monoisotopic (exact) mass is 343 g/mol. The largest absolute Gasteiger partial charge is 0.340 e. The van der Waals surface area contributed by atoms with Crippen molar-refractivity contribution >= 4 is 40.7 Å². The highest BCUT2D eigenvalue weighted by molar-refractivity contribution is 6.33. The van der Waals surface area contributed by atoms with Gasteiger partial charge in [-0.3, -0.25) is 14.4 Å². The average molecular weight is 344 g/mol. The molecule has 0 bridgehead atoms. The van der Waals surface area contributed by atoms with E-state index in [0.717, 1.165) is 0 Å². The number of fused-ring (bicyclic) bond motifs is 1. The lowest BCUT2D eigenvalue weighted by Gasteiger charge is -2.14. The van der Waals surface area contributed by atoms with E-state index in [1.807, 2.05) is 0 Å². The Bertz CT molecular complexity index is 822. The van der Waals surface area contributed by atoms with Crippen LogP contribution < -0.4 is 16.0 Å². The predicted molar refractivity (Wildman–Crippen MR) is 91.0 cm³/mol. The fourth-order valence-electron chi connectivity index (χ4n) is 2.40. The van der Waals surface area contributed by atoms with Crippen molar-refractivity contribution in [3.63, 3.8) is 0 Å². The number of carbonyl (C=O) groups excluding carboxylic acids is 3. The van der Waals surface area contributed by atoms with E-state index in [4.69, 9.17) is 11.6 Å². The molecule has 0 saturated carbocycles. The van der Waals surface area contributed by atoms with Gasteiger partial charge in [0.2, 0.25) is 11.8 Å². The topological polar surface area (TPSA) is 87.3 Å². The molecule has 3 amide bonds. The van der Waals surface area contributed by atoms with Crippen LogP contribution in [0.4, 0.5) is 11.4 Å². The number of para-hydroxylation sites is 2. The maximum atomic E-state index is 12.2. The molecule has 0 aliphatic carbocycles. The van der Waals surface area contributed by atoms with Gasteiger partial charge in [0.05, 0.1) is 28.4 Å². The molecule has 0 spiro atoms. The molecule has 1 aliphatic rings. The highest BCUT2D eigenvalue weighted by Crippen LogP contribution is 2.22. The van der Waals surface area contributed by atoms with Crippen molar-refractivity contribution in [3.8, 4) is 0 Å². The first-order valence-electron chi connectivity index (χ1n) is 7.30. The number of hydrogen-bond donors (Lipinski definition) is 3. The van der Waals surface area contributed by atoms with Crippen molar-refractivity contribution in [2.45, 2.75) is 12.5 Å². The number of amides is 3. The van der Waals surface area contributed by atoms with Crippen molar-refractivity contribution in [3.05, 3.63) is 59.1 Å². The molecule has 122 valence electrons. The van der Waals surface area contributed by atoms with Crippen molar-refractivity contribution in [2.24, 2.45) is 0 Å². The highest BCUT2D eigenvalue weighted by Gasteiger charge is 2.29. The number of hydrogen-bond acceptors (Lipinski definition) is 3. The second kappa shape index (κ2) is 6.72. The molecule has 0 unspecified atom stereocenters. The fourth-order valence-corrected chi connectivity index (χ4v) is 2.59. The molecule has 0 fully saturated rings. The van der Waals surface area contributed by atoms with E-state index in [9.17, 15) is 14.4 Å². The summed E-state index contributed by atoms with van der Waals surface area (Å²) in [5.74, 6) is -1.27. The summed E-state index contributed by atoms with van der Waals surface area (Å²) < 4.78 is 0. The summed E-state index contributed by atoms with van der Waals surface area (Å²) in [7, 11) is 0. The molecular weight excluding hydrogens is 330 g/mol. The third kappa shape index (κ3) is 3.38. The Balaban J connectivity index is 1.72. The molecule has 1 heterocycles. The fraction of sp³-hybridized carbons (Fsp3) is 0.118. The maximum absolute atomic E-state index is 12.2. The molecule has 24 heavy (non-hydrogen) atoms. The molecule has 2 aromatic carbocycles. The van der Waals surface area contributed by atoms with Gasteiger partial charge in [-0.05, 0) is 24.3 Å². The minimum Gasteiger partial charge on any atom is -0.340 e. The van der Waals surface area contributed by atoms with E-state index >= 15 is 0 Å². The third-order valence-electron chi connectivity index (χ3n) is 3.59. The lowest BCUT2D eigenvalue weighted by molar-refractivity contribution is -0.122. The summed E-state index contributed by atoms with van der Waals surface area (Å²) in [5.41, 5.74) is 1.24. The summed E-state index contributed by atoms with van der Waals surface area (Å²) in [6, 6.07) is 12.5. The molecule has 6 nitrogen and oxygen atoms in total. The number of carbonyl (C=O) groups is 3. The van der Waals surface area contributed by atoms with Gasteiger partial charge in [-0.1, -0.05) is 35.9 Å². The zero-order valence-corrected chi connectivity index (χ0v) is 13.3. The van der Waals surface area contributed by atoms with Crippen molar-refractivity contribution < 1.29 is 14.4 Å². The molecule has 1 atom stereocenters. The molecular formula is C17H14ClN3O3. The summed E-state index contributed by atoms with van der Waals surface area (Å²) in [6.45, 7) is 0. The Morgan fingerprint density at radius 1 is 1.08 bits per heavy atom. The van der Waals surface area contributed by atoms with Crippen molar-refractivity contribution in [1.82, 2.24) is 5.32 Å². The summed E-state index contributed by atoms with van der Waals surface area (Å²) in [5, 5.41) is 8.25. The van der Waals surface area contributed by atoms with Crippen LogP contribution in [0.5, 0.6) is 0 Å². The highest BCUT2D eigenvalue weighted by atomic mass is 35.5. The first kappa shape index (κ1) is 16.0. The second-order valence-corrected chi connectivity index (χ2v) is 5.70. The summed E-state index contributed by atoms with van der Waals surface area (Å²) in [6.07, 6.45) is -0.198. The number of rotatable bonds is 3. The van der Waals surface area contributed by atoms with Crippen LogP contribution in [0.1, 0.15) is 16.8 Å². The first-order valence-corrected chi connectivity index (χ1v) is 7.67. The number of halogens is 1. The van der Waals surface area contributed by atoms with Gasteiger partial charge in [0.1, 0.15) is 6.04 Å². The molecule has 0 aromatic heterocycles. The number of anilines is 2. The Labute approximate surface area is 143 Å². The molecule has 3 rings (SSSR count).